The van der Waals surface area contributed by atoms with Crippen LogP contribution in [-0.4, -0.2) is 46.9 Å². The number of aryl methyl sites for hydroxylation is 2. The SMILES string of the molecule is Cc1ccc(S(=O)(=O)NC(Cc2ccccc2)C(=O)NCc2ccccc2-c2ccc(C3OC(CSc4nccn4C)C(C)C(c4ccc(CO)cc4)O3)cc2)cc1. The molecule has 1 amide bonds. The first kappa shape index (κ1) is 41.1. The Balaban J connectivity index is 1.08. The zero-order valence-corrected chi connectivity index (χ0v) is 34.3. The molecule has 300 valence electrons. The van der Waals surface area contributed by atoms with Gasteiger partial charge in [0.05, 0.1) is 23.7 Å². The quantitative estimate of drug-likeness (QED) is 0.0901. The summed E-state index contributed by atoms with van der Waals surface area (Å²) in [5.41, 5.74) is 7.25. The second-order valence-electron chi connectivity index (χ2n) is 14.6. The summed E-state index contributed by atoms with van der Waals surface area (Å²) in [4.78, 5) is 18.4. The van der Waals surface area contributed by atoms with Crippen LogP contribution in [0.15, 0.2) is 150 Å². The van der Waals surface area contributed by atoms with Gasteiger partial charge in [0.25, 0.3) is 0 Å². The zero-order valence-electron chi connectivity index (χ0n) is 32.7. The number of hydrogen-bond acceptors (Lipinski definition) is 8. The van der Waals surface area contributed by atoms with Crippen LogP contribution in [0.4, 0.5) is 0 Å². The molecule has 7 rings (SSSR count). The summed E-state index contributed by atoms with van der Waals surface area (Å²) < 4.78 is 44.9. The molecule has 58 heavy (non-hydrogen) atoms. The fourth-order valence-corrected chi connectivity index (χ4v) is 9.34. The Bertz CT molecular complexity index is 2390. The lowest BCUT2D eigenvalue weighted by molar-refractivity contribution is -0.268. The minimum absolute atomic E-state index is 0.0251. The lowest BCUT2D eigenvalue weighted by Gasteiger charge is -2.41. The number of aliphatic hydroxyl groups is 1. The van der Waals surface area contributed by atoms with Crippen LogP contribution in [-0.2, 0) is 50.9 Å². The van der Waals surface area contributed by atoms with Crippen molar-refractivity contribution in [1.29, 1.82) is 0 Å². The minimum atomic E-state index is -3.98. The first-order chi connectivity index (χ1) is 28.1. The first-order valence-corrected chi connectivity index (χ1v) is 21.7. The van der Waals surface area contributed by atoms with Crippen molar-refractivity contribution in [3.8, 4) is 11.1 Å². The third-order valence-corrected chi connectivity index (χ3v) is 13.1. The van der Waals surface area contributed by atoms with Gasteiger partial charge in [0.1, 0.15) is 6.04 Å². The maximum absolute atomic E-state index is 13.8. The molecule has 0 saturated carbocycles. The van der Waals surface area contributed by atoms with E-state index in [0.717, 1.165) is 49.7 Å². The summed E-state index contributed by atoms with van der Waals surface area (Å²) in [5.74, 6) is 0.297. The Hall–Kier alpha value is -5.08. The Morgan fingerprint density at radius 1 is 0.862 bits per heavy atom. The lowest BCUT2D eigenvalue weighted by Crippen LogP contribution is -2.47. The van der Waals surface area contributed by atoms with Crippen molar-refractivity contribution in [3.63, 3.8) is 0 Å². The number of carbonyl (C=O) groups excluding carboxylic acids is 1. The van der Waals surface area contributed by atoms with Crippen molar-refractivity contribution >= 4 is 27.7 Å². The van der Waals surface area contributed by atoms with Gasteiger partial charge in [-0.2, -0.15) is 4.72 Å². The minimum Gasteiger partial charge on any atom is -0.392 e. The summed E-state index contributed by atoms with van der Waals surface area (Å²) in [6, 6.07) is 38.7. The van der Waals surface area contributed by atoms with Crippen LogP contribution in [0, 0.1) is 12.8 Å². The van der Waals surface area contributed by atoms with Crippen LogP contribution in [0.5, 0.6) is 0 Å². The maximum Gasteiger partial charge on any atom is 0.241 e. The Morgan fingerprint density at radius 3 is 2.24 bits per heavy atom. The second kappa shape index (κ2) is 18.7. The van der Waals surface area contributed by atoms with Crippen LogP contribution in [0.25, 0.3) is 11.1 Å². The van der Waals surface area contributed by atoms with Gasteiger partial charge in [0.2, 0.25) is 15.9 Å². The third kappa shape index (κ3) is 9.95. The van der Waals surface area contributed by atoms with Crippen LogP contribution in [0.1, 0.15) is 52.7 Å². The van der Waals surface area contributed by atoms with Gasteiger partial charge in [-0.15, -0.1) is 0 Å². The monoisotopic (exact) mass is 816 g/mol. The van der Waals surface area contributed by atoms with Gasteiger partial charge in [0, 0.05) is 43.2 Å². The number of aliphatic hydroxyl groups excluding tert-OH is 1. The smallest absolute Gasteiger partial charge is 0.241 e. The summed E-state index contributed by atoms with van der Waals surface area (Å²) >= 11 is 1.65. The normalized spacial score (nSPS) is 18.8. The van der Waals surface area contributed by atoms with E-state index >= 15 is 0 Å². The molecular formula is C46H48N4O6S2. The van der Waals surface area contributed by atoms with Crippen molar-refractivity contribution in [2.75, 3.05) is 5.75 Å². The Labute approximate surface area is 344 Å². The number of ether oxygens (including phenoxy) is 2. The van der Waals surface area contributed by atoms with E-state index in [9.17, 15) is 18.3 Å². The van der Waals surface area contributed by atoms with E-state index < -0.39 is 28.3 Å². The zero-order chi connectivity index (χ0) is 40.6. The molecule has 1 saturated heterocycles. The van der Waals surface area contributed by atoms with Crippen molar-refractivity contribution in [2.45, 2.75) is 68.0 Å². The molecule has 3 N–H and O–H groups in total. The molecule has 0 spiro atoms. The predicted octanol–water partition coefficient (Wildman–Crippen LogP) is 7.68. The predicted molar refractivity (Wildman–Crippen MR) is 226 cm³/mol. The second-order valence-corrected chi connectivity index (χ2v) is 17.3. The number of nitrogens with zero attached hydrogens (tertiary/aromatic N) is 2. The molecule has 0 bridgehead atoms. The fourth-order valence-electron chi connectivity index (χ4n) is 7.05. The van der Waals surface area contributed by atoms with Gasteiger partial charge >= 0.3 is 0 Å². The fraction of sp³-hybridized carbons (Fsp3) is 0.261. The summed E-state index contributed by atoms with van der Waals surface area (Å²) in [7, 11) is -2.00. The molecule has 5 unspecified atom stereocenters. The maximum atomic E-state index is 13.8. The summed E-state index contributed by atoms with van der Waals surface area (Å²) in [6.45, 7) is 4.20. The number of hydrogen-bond donors (Lipinski definition) is 3. The number of nitrogens with one attached hydrogen (secondary N) is 2. The number of carbonyl (C=O) groups is 1. The molecule has 1 aliphatic heterocycles. The van der Waals surface area contributed by atoms with E-state index in [1.54, 1.807) is 42.2 Å². The summed E-state index contributed by atoms with van der Waals surface area (Å²) in [5, 5.41) is 13.6. The third-order valence-electron chi connectivity index (χ3n) is 10.5. The highest BCUT2D eigenvalue weighted by Gasteiger charge is 2.38. The highest BCUT2D eigenvalue weighted by molar-refractivity contribution is 7.99. The van der Waals surface area contributed by atoms with E-state index in [4.69, 9.17) is 9.47 Å². The number of sulfonamides is 1. The Kier molecular flexibility index (Phi) is 13.2. The highest BCUT2D eigenvalue weighted by Crippen LogP contribution is 2.43. The van der Waals surface area contributed by atoms with Gasteiger partial charge in [-0.1, -0.05) is 140 Å². The van der Waals surface area contributed by atoms with Crippen molar-refractivity contribution in [3.05, 3.63) is 173 Å². The van der Waals surface area contributed by atoms with Crippen LogP contribution in [0.3, 0.4) is 0 Å². The van der Waals surface area contributed by atoms with Gasteiger partial charge in [-0.3, -0.25) is 4.79 Å². The van der Waals surface area contributed by atoms with E-state index in [2.05, 4.69) is 21.9 Å². The van der Waals surface area contributed by atoms with Crippen molar-refractivity contribution in [2.24, 2.45) is 13.0 Å². The topological polar surface area (TPSA) is 132 Å². The number of amides is 1. The molecule has 2 heterocycles. The largest absolute Gasteiger partial charge is 0.392 e. The average molecular weight is 817 g/mol. The van der Waals surface area contributed by atoms with Crippen LogP contribution < -0.4 is 10.0 Å². The Morgan fingerprint density at radius 2 is 1.55 bits per heavy atom. The van der Waals surface area contributed by atoms with Crippen LogP contribution >= 0.6 is 11.8 Å². The molecule has 10 nitrogen and oxygen atoms in total. The molecule has 5 atom stereocenters. The standard InChI is InChI=1S/C46H48N4O6S2/c1-31-13-23-39(24-14-31)58(53,54)49-41(27-33-9-5-4-6-10-33)44(52)48-28-38-11-7-8-12-40(38)35-19-21-37(22-20-35)45-55-42(30-57-46-47-25-26-50(46)3)32(2)43(56-45)36-17-15-34(29-51)16-18-36/h4-26,32,41-43,45,49,51H,27-30H2,1-3H3,(H,48,52). The molecule has 5 aromatic carbocycles. The molecule has 0 aliphatic carbocycles. The van der Waals surface area contributed by atoms with E-state index in [0.29, 0.717) is 5.75 Å². The number of imidazole rings is 1. The molecule has 6 aromatic rings. The number of benzene rings is 5. The summed E-state index contributed by atoms with van der Waals surface area (Å²) in [6.07, 6.45) is 2.90. The number of aromatic nitrogens is 2. The highest BCUT2D eigenvalue weighted by atomic mass is 32.2. The van der Waals surface area contributed by atoms with E-state index in [-0.39, 0.29) is 42.6 Å². The van der Waals surface area contributed by atoms with Gasteiger partial charge < -0.3 is 24.5 Å². The molecular weight excluding hydrogens is 769 g/mol. The lowest BCUT2D eigenvalue weighted by atomic mass is 9.91. The van der Waals surface area contributed by atoms with Gasteiger partial charge in [-0.25, -0.2) is 13.4 Å². The molecule has 12 heteroatoms. The van der Waals surface area contributed by atoms with Gasteiger partial charge in [-0.05, 0) is 58.9 Å². The van der Waals surface area contributed by atoms with Gasteiger partial charge in [0.15, 0.2) is 11.4 Å². The average Bonchev–Trinajstić information content (AvgIpc) is 3.67. The number of thioether (sulfide) groups is 1. The van der Waals surface area contributed by atoms with Crippen molar-refractivity contribution < 1.29 is 27.8 Å². The first-order valence-electron chi connectivity index (χ1n) is 19.3. The molecule has 0 radical (unpaired) electrons. The van der Waals surface area contributed by atoms with Crippen molar-refractivity contribution in [1.82, 2.24) is 19.6 Å². The molecule has 1 fully saturated rings. The van der Waals surface area contributed by atoms with E-state index in [1.807, 2.05) is 128 Å². The molecule has 1 aliphatic rings. The molecule has 1 aromatic heterocycles. The van der Waals surface area contributed by atoms with Crippen LogP contribution in [0.2, 0.25) is 0 Å². The van der Waals surface area contributed by atoms with E-state index in [1.165, 1.54) is 0 Å². The number of rotatable bonds is 15.